The van der Waals surface area contributed by atoms with E-state index in [4.69, 9.17) is 9.88 Å². The molecule has 1 aliphatic rings. The van der Waals surface area contributed by atoms with Gasteiger partial charge in [0.25, 0.3) is 0 Å². The Hall–Kier alpha value is -1.29. The maximum Gasteiger partial charge on any atom is 0.247 e. The van der Waals surface area contributed by atoms with Crippen LogP contribution in [0.1, 0.15) is 21.5 Å². The predicted molar refractivity (Wildman–Crippen MR) is 98.9 cm³/mol. The first-order chi connectivity index (χ1) is 11.4. The second-order valence-electron chi connectivity index (χ2n) is 5.61. The van der Waals surface area contributed by atoms with E-state index in [0.29, 0.717) is 11.1 Å². The Morgan fingerprint density at radius 3 is 2.36 bits per heavy atom. The highest BCUT2D eigenvalue weighted by Gasteiger charge is 2.17. The molecule has 0 radical (unpaired) electrons. The van der Waals surface area contributed by atoms with Crippen molar-refractivity contribution in [2.24, 2.45) is 5.14 Å². The smallest absolute Gasteiger partial charge is 0.247 e. The van der Waals surface area contributed by atoms with E-state index in [2.05, 4.69) is 4.90 Å². The van der Waals surface area contributed by atoms with Gasteiger partial charge in [-0.3, -0.25) is 9.69 Å². The molecule has 0 amide bonds. The molecule has 0 spiro atoms. The van der Waals surface area contributed by atoms with Crippen LogP contribution in [0.3, 0.4) is 0 Å². The Morgan fingerprint density at radius 2 is 1.80 bits per heavy atom. The number of hydrogen-bond acceptors (Lipinski definition) is 6. The molecule has 1 saturated heterocycles. The number of hydrogen-bond donors (Lipinski definition) is 1. The fraction of sp³-hybridized carbons (Fsp3) is 0.312. The third-order valence-electron chi connectivity index (χ3n) is 3.84. The summed E-state index contributed by atoms with van der Waals surface area (Å²) in [6.07, 6.45) is 0. The van der Waals surface area contributed by atoms with E-state index in [0.717, 1.165) is 49.7 Å². The molecule has 0 aliphatic carbocycles. The van der Waals surface area contributed by atoms with E-state index in [1.807, 2.05) is 12.1 Å². The Bertz CT molecular complexity index is 828. The van der Waals surface area contributed by atoms with Crippen molar-refractivity contribution in [3.63, 3.8) is 0 Å². The molecule has 25 heavy (non-hydrogen) atoms. The summed E-state index contributed by atoms with van der Waals surface area (Å²) in [6.45, 7) is 4.14. The zero-order valence-corrected chi connectivity index (χ0v) is 15.8. The van der Waals surface area contributed by atoms with E-state index in [9.17, 15) is 13.2 Å². The largest absolute Gasteiger partial charge is 0.379 e. The van der Waals surface area contributed by atoms with Crippen LogP contribution in [0.2, 0.25) is 0 Å². The molecule has 2 N–H and O–H groups in total. The predicted octanol–water partition coefficient (Wildman–Crippen LogP) is 1.88. The number of sulfonamides is 1. The zero-order chi connectivity index (χ0) is 17.2. The third-order valence-corrected chi connectivity index (χ3v) is 6.23. The van der Waals surface area contributed by atoms with Crippen LogP contribution in [0, 0.1) is 0 Å². The molecule has 2 heterocycles. The van der Waals surface area contributed by atoms with E-state index in [-0.39, 0.29) is 22.4 Å². The summed E-state index contributed by atoms with van der Waals surface area (Å²) in [4.78, 5) is 14.7. The minimum atomic E-state index is -3.77. The summed E-state index contributed by atoms with van der Waals surface area (Å²) < 4.78 is 27.9. The quantitative estimate of drug-likeness (QED) is 0.771. The lowest BCUT2D eigenvalue weighted by Crippen LogP contribution is -2.35. The highest BCUT2D eigenvalue weighted by molar-refractivity contribution is 7.91. The van der Waals surface area contributed by atoms with Gasteiger partial charge in [0, 0.05) is 36.1 Å². The summed E-state index contributed by atoms with van der Waals surface area (Å²) in [7, 11) is -3.77. The number of morpholine rings is 1. The zero-order valence-electron chi connectivity index (χ0n) is 13.4. The minimum absolute atomic E-state index is 0. The summed E-state index contributed by atoms with van der Waals surface area (Å²) in [5, 5.41) is 6.59. The molecule has 0 saturated carbocycles. The van der Waals surface area contributed by atoms with Gasteiger partial charge >= 0.3 is 0 Å². The molecule has 136 valence electrons. The number of carbonyl (C=O) groups excluding carboxylic acids is 1. The van der Waals surface area contributed by atoms with Crippen LogP contribution < -0.4 is 5.14 Å². The van der Waals surface area contributed by atoms with Gasteiger partial charge in [0.15, 0.2) is 5.78 Å². The highest BCUT2D eigenvalue weighted by Crippen LogP contribution is 2.21. The normalized spacial score (nSPS) is 15.6. The van der Waals surface area contributed by atoms with Crippen molar-refractivity contribution in [3.8, 4) is 0 Å². The molecule has 1 fully saturated rings. The standard InChI is InChI=1S/C16H18N2O4S2.ClH/c17-24(20,21)15-9-14(11-23-15)16(19)13-3-1-12(2-4-13)10-18-5-7-22-8-6-18;/h1-4,9,11H,5-8,10H2,(H2,17,20,21);1H. The maximum atomic E-state index is 12.4. The Kier molecular flexibility index (Phi) is 6.72. The number of nitrogens with zero attached hydrogens (tertiary/aromatic N) is 1. The van der Waals surface area contributed by atoms with Gasteiger partial charge in [-0.1, -0.05) is 24.3 Å². The molecule has 0 bridgehead atoms. The Labute approximate surface area is 157 Å². The van der Waals surface area contributed by atoms with Crippen LogP contribution in [0.4, 0.5) is 0 Å². The molecule has 9 heteroatoms. The number of rotatable bonds is 5. The van der Waals surface area contributed by atoms with E-state index in [1.54, 1.807) is 12.1 Å². The minimum Gasteiger partial charge on any atom is -0.379 e. The first-order valence-electron chi connectivity index (χ1n) is 7.48. The molecule has 0 unspecified atom stereocenters. The van der Waals surface area contributed by atoms with Crippen LogP contribution in [0.15, 0.2) is 39.9 Å². The average molecular weight is 403 g/mol. The monoisotopic (exact) mass is 402 g/mol. The number of nitrogens with two attached hydrogens (primary N) is 1. The molecule has 1 aromatic heterocycles. The molecule has 2 aromatic rings. The van der Waals surface area contributed by atoms with Crippen molar-refractivity contribution in [1.29, 1.82) is 0 Å². The van der Waals surface area contributed by atoms with Crippen LogP contribution in [0.5, 0.6) is 0 Å². The molecule has 1 aliphatic heterocycles. The number of primary sulfonamides is 1. The maximum absolute atomic E-state index is 12.4. The number of carbonyl (C=O) groups is 1. The van der Waals surface area contributed by atoms with Crippen molar-refractivity contribution in [3.05, 3.63) is 52.4 Å². The molecule has 1 aromatic carbocycles. The average Bonchev–Trinajstić information content (AvgIpc) is 3.06. The van der Waals surface area contributed by atoms with Crippen LogP contribution in [-0.2, 0) is 21.3 Å². The molecule has 3 rings (SSSR count). The summed E-state index contributed by atoms with van der Waals surface area (Å²) in [6, 6.07) is 8.72. The van der Waals surface area contributed by atoms with Gasteiger partial charge in [-0.15, -0.1) is 23.7 Å². The SMILES string of the molecule is Cl.NS(=O)(=O)c1cc(C(=O)c2ccc(CN3CCOCC3)cc2)cs1. The third kappa shape index (κ3) is 5.10. The topological polar surface area (TPSA) is 89.7 Å². The summed E-state index contributed by atoms with van der Waals surface area (Å²) >= 11 is 0.954. The van der Waals surface area contributed by atoms with E-state index >= 15 is 0 Å². The number of halogens is 1. The number of ketones is 1. The lowest BCUT2D eigenvalue weighted by atomic mass is 10.0. The van der Waals surface area contributed by atoms with Crippen molar-refractivity contribution >= 4 is 39.6 Å². The van der Waals surface area contributed by atoms with Crippen molar-refractivity contribution in [2.75, 3.05) is 26.3 Å². The van der Waals surface area contributed by atoms with Gasteiger partial charge in [-0.2, -0.15) is 0 Å². The first kappa shape index (κ1) is 20.0. The van der Waals surface area contributed by atoms with Crippen molar-refractivity contribution in [1.82, 2.24) is 4.90 Å². The summed E-state index contributed by atoms with van der Waals surface area (Å²) in [5.74, 6) is -0.209. The lowest BCUT2D eigenvalue weighted by Gasteiger charge is -2.26. The Morgan fingerprint density at radius 1 is 1.16 bits per heavy atom. The lowest BCUT2D eigenvalue weighted by molar-refractivity contribution is 0.0342. The van der Waals surface area contributed by atoms with Gasteiger partial charge in [0.1, 0.15) is 4.21 Å². The van der Waals surface area contributed by atoms with Gasteiger partial charge < -0.3 is 4.74 Å². The van der Waals surface area contributed by atoms with Gasteiger partial charge in [-0.25, -0.2) is 13.6 Å². The van der Waals surface area contributed by atoms with Gasteiger partial charge in [0.05, 0.1) is 13.2 Å². The van der Waals surface area contributed by atoms with Crippen LogP contribution in [0.25, 0.3) is 0 Å². The van der Waals surface area contributed by atoms with Crippen molar-refractivity contribution < 1.29 is 17.9 Å². The molecular formula is C16H19ClN2O4S2. The second-order valence-corrected chi connectivity index (χ2v) is 8.31. The highest BCUT2D eigenvalue weighted by atomic mass is 35.5. The van der Waals surface area contributed by atoms with E-state index < -0.39 is 10.0 Å². The first-order valence-corrected chi connectivity index (χ1v) is 9.91. The van der Waals surface area contributed by atoms with Crippen molar-refractivity contribution in [2.45, 2.75) is 10.8 Å². The van der Waals surface area contributed by atoms with Gasteiger partial charge in [-0.05, 0) is 11.6 Å². The number of ether oxygens (including phenoxy) is 1. The second kappa shape index (κ2) is 8.39. The fourth-order valence-corrected chi connectivity index (χ4v) is 4.12. The van der Waals surface area contributed by atoms with Crippen LogP contribution in [-0.4, -0.2) is 45.4 Å². The molecule has 6 nitrogen and oxygen atoms in total. The number of benzene rings is 1. The van der Waals surface area contributed by atoms with Gasteiger partial charge in [0.2, 0.25) is 10.0 Å². The molecular weight excluding hydrogens is 384 g/mol. The summed E-state index contributed by atoms with van der Waals surface area (Å²) in [5.41, 5.74) is 1.99. The molecule has 0 atom stereocenters. The van der Waals surface area contributed by atoms with E-state index in [1.165, 1.54) is 11.4 Å². The Balaban J connectivity index is 0.00000225. The van der Waals surface area contributed by atoms with Crippen LogP contribution >= 0.6 is 23.7 Å². The fourth-order valence-electron chi connectivity index (χ4n) is 2.53. The number of thiophene rings is 1.